The van der Waals surface area contributed by atoms with E-state index in [0.29, 0.717) is 6.42 Å². The van der Waals surface area contributed by atoms with Crippen molar-refractivity contribution in [3.63, 3.8) is 0 Å². The van der Waals surface area contributed by atoms with Crippen LogP contribution >= 0.6 is 0 Å². The van der Waals surface area contributed by atoms with Crippen LogP contribution in [-0.2, 0) is 4.79 Å². The smallest absolute Gasteiger partial charge is 0.426 e. The molecule has 1 heterocycles. The number of carbonyl (C=O) groups is 2. The van der Waals surface area contributed by atoms with E-state index in [1.807, 2.05) is 13.8 Å². The largest absolute Gasteiger partial charge is 0.475 e. The highest BCUT2D eigenvalue weighted by Crippen LogP contribution is 2.07. The van der Waals surface area contributed by atoms with Crippen molar-refractivity contribution in [2.24, 2.45) is 5.92 Å². The number of aliphatic hydroxyl groups is 1. The van der Waals surface area contributed by atoms with Crippen molar-refractivity contribution in [1.29, 1.82) is 0 Å². The maximum absolute atomic E-state index is 12.3. The molecule has 2 amide bonds. The Morgan fingerprint density at radius 1 is 1.21 bits per heavy atom. The molecule has 1 rings (SSSR count). The topological polar surface area (TPSA) is 145 Å². The Bertz CT molecular complexity index is 541. The molecule has 1 aromatic heterocycles. The molecule has 0 bridgehead atoms. The summed E-state index contributed by atoms with van der Waals surface area (Å²) in [6.45, 7) is 5.07. The number of aliphatic hydroxyl groups excluding tert-OH is 1. The highest BCUT2D eigenvalue weighted by atomic mass is 16.4. The molecular formula is C14H23BN4O5. The van der Waals surface area contributed by atoms with E-state index in [2.05, 4.69) is 20.6 Å². The van der Waals surface area contributed by atoms with Crippen LogP contribution in [0.2, 0.25) is 0 Å². The maximum atomic E-state index is 12.3. The molecule has 0 aliphatic carbocycles. The van der Waals surface area contributed by atoms with Gasteiger partial charge in [0.2, 0.25) is 5.91 Å². The van der Waals surface area contributed by atoms with Gasteiger partial charge in [-0.1, -0.05) is 13.8 Å². The Hall–Kier alpha value is -2.04. The SMILES string of the molecule is CC(C)C[C@H](NC(=O)[C@@H](NC(=O)c1cnccn1)[C@@H](C)O)B(O)O. The number of carbonyl (C=O) groups excluding carboxylic acids is 2. The lowest BCUT2D eigenvalue weighted by atomic mass is 9.75. The maximum Gasteiger partial charge on any atom is 0.475 e. The summed E-state index contributed by atoms with van der Waals surface area (Å²) >= 11 is 0. The van der Waals surface area contributed by atoms with Gasteiger partial charge < -0.3 is 25.8 Å². The summed E-state index contributed by atoms with van der Waals surface area (Å²) in [7, 11) is -1.75. The molecule has 0 fully saturated rings. The highest BCUT2D eigenvalue weighted by molar-refractivity contribution is 6.43. The van der Waals surface area contributed by atoms with Crippen LogP contribution < -0.4 is 10.6 Å². The quantitative estimate of drug-likeness (QED) is 0.363. The lowest BCUT2D eigenvalue weighted by molar-refractivity contribution is -0.125. The number of nitrogens with zero attached hydrogens (tertiary/aromatic N) is 2. The molecular weight excluding hydrogens is 315 g/mol. The van der Waals surface area contributed by atoms with Gasteiger partial charge in [0.05, 0.1) is 18.2 Å². The van der Waals surface area contributed by atoms with E-state index in [0.717, 1.165) is 0 Å². The lowest BCUT2D eigenvalue weighted by Crippen LogP contribution is -2.57. The van der Waals surface area contributed by atoms with Crippen LogP contribution in [0.4, 0.5) is 0 Å². The number of hydrogen-bond donors (Lipinski definition) is 5. The fourth-order valence-corrected chi connectivity index (χ4v) is 2.07. The van der Waals surface area contributed by atoms with Crippen molar-refractivity contribution >= 4 is 18.9 Å². The van der Waals surface area contributed by atoms with E-state index in [1.54, 1.807) is 0 Å². The molecule has 10 heteroatoms. The van der Waals surface area contributed by atoms with Crippen LogP contribution in [0.5, 0.6) is 0 Å². The Balaban J connectivity index is 2.79. The van der Waals surface area contributed by atoms with Crippen molar-refractivity contribution in [1.82, 2.24) is 20.6 Å². The fraction of sp³-hybridized carbons (Fsp3) is 0.571. The molecule has 0 aromatic carbocycles. The van der Waals surface area contributed by atoms with Gasteiger partial charge in [0, 0.05) is 12.4 Å². The van der Waals surface area contributed by atoms with Crippen molar-refractivity contribution < 1.29 is 24.7 Å². The van der Waals surface area contributed by atoms with Crippen LogP contribution in [-0.4, -0.2) is 62.1 Å². The van der Waals surface area contributed by atoms with Gasteiger partial charge >= 0.3 is 7.12 Å². The molecule has 0 spiro atoms. The zero-order valence-electron chi connectivity index (χ0n) is 13.9. The molecule has 5 N–H and O–H groups in total. The van der Waals surface area contributed by atoms with E-state index in [1.165, 1.54) is 25.5 Å². The zero-order chi connectivity index (χ0) is 18.3. The third-order valence-electron chi connectivity index (χ3n) is 3.26. The normalized spacial score (nSPS) is 14.6. The monoisotopic (exact) mass is 338 g/mol. The third-order valence-corrected chi connectivity index (χ3v) is 3.26. The third kappa shape index (κ3) is 6.22. The molecule has 24 heavy (non-hydrogen) atoms. The number of hydrogen-bond acceptors (Lipinski definition) is 7. The molecule has 0 radical (unpaired) electrons. The first-order valence-corrected chi connectivity index (χ1v) is 7.63. The average Bonchev–Trinajstić information content (AvgIpc) is 2.51. The predicted octanol–water partition coefficient (Wildman–Crippen LogP) is -1.50. The number of rotatable bonds is 8. The van der Waals surface area contributed by atoms with E-state index in [-0.39, 0.29) is 11.6 Å². The minimum Gasteiger partial charge on any atom is -0.426 e. The molecule has 0 unspecified atom stereocenters. The van der Waals surface area contributed by atoms with Crippen LogP contribution in [0.25, 0.3) is 0 Å². The fourth-order valence-electron chi connectivity index (χ4n) is 2.07. The summed E-state index contributed by atoms with van der Waals surface area (Å²) in [5.74, 6) is -2.20. The van der Waals surface area contributed by atoms with Gasteiger partial charge in [-0.3, -0.25) is 14.6 Å². The summed E-state index contributed by atoms with van der Waals surface area (Å²) in [5.41, 5.74) is -0.00290. The second-order valence-corrected chi connectivity index (χ2v) is 5.94. The van der Waals surface area contributed by atoms with E-state index >= 15 is 0 Å². The Kier molecular flexibility index (Phi) is 7.76. The highest BCUT2D eigenvalue weighted by Gasteiger charge is 2.32. The second-order valence-electron chi connectivity index (χ2n) is 5.94. The van der Waals surface area contributed by atoms with Crippen LogP contribution in [0.15, 0.2) is 18.6 Å². The van der Waals surface area contributed by atoms with Gasteiger partial charge in [0.25, 0.3) is 5.91 Å². The van der Waals surface area contributed by atoms with Gasteiger partial charge in [0.15, 0.2) is 0 Å². The molecule has 0 aliphatic rings. The van der Waals surface area contributed by atoms with Gasteiger partial charge in [-0.15, -0.1) is 0 Å². The summed E-state index contributed by atoms with van der Waals surface area (Å²) in [6, 6.07) is -1.27. The lowest BCUT2D eigenvalue weighted by Gasteiger charge is -2.25. The summed E-state index contributed by atoms with van der Waals surface area (Å²) in [4.78, 5) is 31.9. The van der Waals surface area contributed by atoms with Gasteiger partial charge in [-0.25, -0.2) is 4.98 Å². The molecule has 1 aromatic rings. The van der Waals surface area contributed by atoms with Crippen molar-refractivity contribution in [2.75, 3.05) is 0 Å². The molecule has 9 nitrogen and oxygen atoms in total. The van der Waals surface area contributed by atoms with Gasteiger partial charge in [-0.2, -0.15) is 0 Å². The molecule has 0 saturated carbocycles. The van der Waals surface area contributed by atoms with Crippen molar-refractivity contribution in [3.8, 4) is 0 Å². The summed E-state index contributed by atoms with van der Waals surface area (Å²) in [6.07, 6.45) is 3.09. The van der Waals surface area contributed by atoms with Gasteiger partial charge in [0.1, 0.15) is 11.7 Å². The van der Waals surface area contributed by atoms with Crippen LogP contribution in [0.3, 0.4) is 0 Å². The van der Waals surface area contributed by atoms with E-state index in [4.69, 9.17) is 0 Å². The zero-order valence-corrected chi connectivity index (χ0v) is 13.9. The Labute approximate surface area is 140 Å². The molecule has 0 aliphatic heterocycles. The minimum absolute atomic E-state index is 0.00290. The first-order valence-electron chi connectivity index (χ1n) is 7.63. The first-order chi connectivity index (χ1) is 11.2. The van der Waals surface area contributed by atoms with E-state index < -0.39 is 37.0 Å². The molecule has 0 saturated heterocycles. The Morgan fingerprint density at radius 2 is 1.88 bits per heavy atom. The predicted molar refractivity (Wildman–Crippen MR) is 86.5 cm³/mol. The number of nitrogens with one attached hydrogen (secondary N) is 2. The van der Waals surface area contributed by atoms with Gasteiger partial charge in [-0.05, 0) is 19.3 Å². The standard InChI is InChI=1S/C14H23BN4O5/c1-8(2)6-11(15(23)24)18-14(22)12(9(3)20)19-13(21)10-7-16-4-5-17-10/h4-5,7-9,11-12,20,23-24H,6H2,1-3H3,(H,18,22)(H,19,21)/t9-,11+,12+/m1/s1. The summed E-state index contributed by atoms with van der Waals surface area (Å²) < 4.78 is 0. The molecule has 132 valence electrons. The van der Waals surface area contributed by atoms with Crippen LogP contribution in [0.1, 0.15) is 37.7 Å². The van der Waals surface area contributed by atoms with Crippen molar-refractivity contribution in [3.05, 3.63) is 24.3 Å². The minimum atomic E-state index is -1.75. The average molecular weight is 338 g/mol. The molecule has 3 atom stereocenters. The van der Waals surface area contributed by atoms with E-state index in [9.17, 15) is 24.7 Å². The second kappa shape index (κ2) is 9.31. The first kappa shape index (κ1) is 20.0. The summed E-state index contributed by atoms with van der Waals surface area (Å²) in [5, 5.41) is 33.3. The number of aromatic nitrogens is 2. The number of amides is 2. The van der Waals surface area contributed by atoms with Crippen LogP contribution in [0, 0.1) is 5.92 Å². The van der Waals surface area contributed by atoms with Crippen molar-refractivity contribution in [2.45, 2.75) is 45.3 Å². The Morgan fingerprint density at radius 3 is 2.33 bits per heavy atom.